The van der Waals surface area contributed by atoms with Gasteiger partial charge >= 0.3 is 0 Å². The summed E-state index contributed by atoms with van der Waals surface area (Å²) in [4.78, 5) is 73.0. The van der Waals surface area contributed by atoms with E-state index in [1.165, 1.54) is 97.7 Å². The Morgan fingerprint density at radius 2 is 1.04 bits per heavy atom. The van der Waals surface area contributed by atoms with Crippen molar-refractivity contribution in [1.29, 1.82) is 0 Å². The molecule has 0 saturated carbocycles. The lowest BCUT2D eigenvalue weighted by molar-refractivity contribution is 0.0983. The van der Waals surface area contributed by atoms with E-state index in [-0.39, 0.29) is 47.9 Å². The van der Waals surface area contributed by atoms with Gasteiger partial charge in [-0.2, -0.15) is 0 Å². The quantitative estimate of drug-likeness (QED) is 0.0879. The van der Waals surface area contributed by atoms with Gasteiger partial charge < -0.3 is 14.2 Å². The number of pyridine rings is 2. The number of benzene rings is 3. The van der Waals surface area contributed by atoms with Crippen LogP contribution in [0.5, 0.6) is 34.5 Å². The second-order valence-electron chi connectivity index (χ2n) is 15.3. The Kier molecular flexibility index (Phi) is 17.4. The summed E-state index contributed by atoms with van der Waals surface area (Å²) in [6.07, 6.45) is 14.9. The van der Waals surface area contributed by atoms with Gasteiger partial charge in [-0.1, -0.05) is 17.7 Å². The molecule has 71 heavy (non-hydrogen) atoms. The van der Waals surface area contributed by atoms with E-state index in [1.807, 2.05) is 56.5 Å². The normalized spacial score (nSPS) is 10.5. The topological polar surface area (TPSA) is 195 Å². The van der Waals surface area contributed by atoms with Crippen LogP contribution in [0.3, 0.4) is 0 Å². The Morgan fingerprint density at radius 3 is 1.59 bits per heavy atom. The second-order valence-corrected chi connectivity index (χ2v) is 16.7. The van der Waals surface area contributed by atoms with Gasteiger partial charge in [0.25, 0.3) is 0 Å². The van der Waals surface area contributed by atoms with Crippen molar-refractivity contribution in [1.82, 2.24) is 44.9 Å². The predicted molar refractivity (Wildman–Crippen MR) is 259 cm³/mol. The zero-order chi connectivity index (χ0) is 50.1. The second kappa shape index (κ2) is 24.6. The fourth-order valence-electron chi connectivity index (χ4n) is 6.46. The molecule has 15 nitrogen and oxygen atoms in total. The van der Waals surface area contributed by atoms with E-state index < -0.39 is 11.6 Å². The standard InChI is InChI=1S/C19H17N3O2.C17H11ClFN3O2.C16H12FN3O2S/c1-13-6-15(19(23)9-16-5-3-4-14(2)22-16)8-17(7-13)24-18-10-20-12-21-11-18;18-12-3-11(17(23)7-14-6-13(19)1-2-22-14)4-15(5-12)24-16-8-20-10-21-9-16;1-10-8-23-16(20-10)5-15(21)11-2-12(17)4-13(3-11)22-14-6-18-9-19-7-14/h3-8,10-12H,9H2,1-2H3;1-6,8-10H,7H2;2-4,6-9H,5H2,1H3. The number of carbonyl (C=O) groups is 3. The Morgan fingerprint density at radius 1 is 0.521 bits per heavy atom. The molecular formula is C52H40ClF2N9O6S. The van der Waals surface area contributed by atoms with Crippen molar-refractivity contribution >= 4 is 40.3 Å². The highest BCUT2D eigenvalue weighted by Crippen LogP contribution is 2.28. The highest BCUT2D eigenvalue weighted by atomic mass is 35.5. The van der Waals surface area contributed by atoms with E-state index in [1.54, 1.807) is 30.6 Å². The first-order valence-corrected chi connectivity index (χ1v) is 22.6. The summed E-state index contributed by atoms with van der Waals surface area (Å²) in [6.45, 7) is 5.70. The molecule has 3 aromatic carbocycles. The van der Waals surface area contributed by atoms with E-state index in [0.29, 0.717) is 55.6 Å². The zero-order valence-corrected chi connectivity index (χ0v) is 39.6. The average molecular weight is 992 g/mol. The summed E-state index contributed by atoms with van der Waals surface area (Å²) in [7, 11) is 0. The molecule has 0 spiro atoms. The first kappa shape index (κ1) is 50.3. The fraction of sp³-hybridized carbons (Fsp3) is 0.115. The van der Waals surface area contributed by atoms with Crippen LogP contribution in [0.2, 0.25) is 5.02 Å². The smallest absolute Gasteiger partial charge is 0.169 e. The van der Waals surface area contributed by atoms with Crippen LogP contribution in [0.15, 0.2) is 153 Å². The summed E-state index contributed by atoms with van der Waals surface area (Å²) in [5.41, 5.74) is 5.02. The lowest BCUT2D eigenvalue weighted by Gasteiger charge is -2.09. The molecule has 0 aliphatic rings. The van der Waals surface area contributed by atoms with E-state index in [9.17, 15) is 23.2 Å². The molecule has 9 aromatic rings. The Hall–Kier alpha value is -8.61. The number of carbonyl (C=O) groups excluding carboxylic acids is 3. The van der Waals surface area contributed by atoms with Crippen molar-refractivity contribution in [3.05, 3.63) is 219 Å². The Balaban J connectivity index is 0.000000157. The third kappa shape index (κ3) is 16.0. The SMILES string of the molecule is Cc1cc(Oc2cncnc2)cc(C(=O)Cc2cccc(C)n2)c1.Cc1csc(CC(=O)c2cc(F)cc(Oc3cncnc3)c2)n1.O=C(Cc1cc(F)ccn1)c1cc(Cl)cc(Oc2cncnc2)c1. The summed E-state index contributed by atoms with van der Waals surface area (Å²) in [5, 5.41) is 2.92. The Bertz CT molecular complexity index is 3120. The van der Waals surface area contributed by atoms with Crippen molar-refractivity contribution in [2.75, 3.05) is 0 Å². The number of ketones is 3. The monoisotopic (exact) mass is 991 g/mol. The number of hydrogen-bond acceptors (Lipinski definition) is 16. The van der Waals surface area contributed by atoms with Gasteiger partial charge in [0.05, 0.1) is 62.1 Å². The lowest BCUT2D eigenvalue weighted by Crippen LogP contribution is -2.06. The molecule has 9 rings (SSSR count). The third-order valence-corrected chi connectivity index (χ3v) is 10.6. The van der Waals surface area contributed by atoms with Crippen LogP contribution in [0, 0.1) is 32.4 Å². The van der Waals surface area contributed by atoms with E-state index in [0.717, 1.165) is 22.6 Å². The van der Waals surface area contributed by atoms with E-state index in [2.05, 4.69) is 44.9 Å². The van der Waals surface area contributed by atoms with Crippen LogP contribution in [-0.4, -0.2) is 62.2 Å². The molecule has 0 atom stereocenters. The van der Waals surface area contributed by atoms with E-state index >= 15 is 0 Å². The molecule has 0 radical (unpaired) electrons. The molecule has 0 N–H and O–H groups in total. The number of hydrogen-bond donors (Lipinski definition) is 0. The number of aromatic nitrogens is 9. The van der Waals surface area contributed by atoms with Crippen LogP contribution in [0.4, 0.5) is 8.78 Å². The van der Waals surface area contributed by atoms with Gasteiger partial charge in [0, 0.05) is 56.4 Å². The minimum Gasteiger partial charge on any atom is -0.454 e. The molecule has 0 unspecified atom stereocenters. The first-order valence-electron chi connectivity index (χ1n) is 21.4. The van der Waals surface area contributed by atoms with Crippen LogP contribution in [0.1, 0.15) is 64.4 Å². The number of halogens is 3. The number of ether oxygens (including phenoxy) is 3. The van der Waals surface area contributed by atoms with Gasteiger partial charge in [-0.05, 0) is 99.1 Å². The fourth-order valence-corrected chi connectivity index (χ4v) is 7.45. The third-order valence-electron chi connectivity index (χ3n) is 9.46. The average Bonchev–Trinajstić information content (AvgIpc) is 3.76. The molecule has 0 saturated heterocycles. The zero-order valence-electron chi connectivity index (χ0n) is 38.1. The Labute approximate surface area is 414 Å². The van der Waals surface area contributed by atoms with Crippen LogP contribution >= 0.6 is 22.9 Å². The maximum atomic E-state index is 13.8. The van der Waals surface area contributed by atoms with Gasteiger partial charge in [0.2, 0.25) is 0 Å². The molecule has 0 amide bonds. The minimum atomic E-state index is -0.544. The number of rotatable bonds is 15. The molecule has 19 heteroatoms. The number of aryl methyl sites for hydroxylation is 3. The van der Waals surface area contributed by atoms with Gasteiger partial charge in [-0.3, -0.25) is 24.4 Å². The molecule has 0 bridgehead atoms. The van der Waals surface area contributed by atoms with Crippen molar-refractivity contribution in [2.45, 2.75) is 40.0 Å². The van der Waals surface area contributed by atoms with Crippen molar-refractivity contribution in [3.8, 4) is 34.5 Å². The minimum absolute atomic E-state index is 0.00552. The summed E-state index contributed by atoms with van der Waals surface area (Å²) in [6, 6.07) is 22.1. The summed E-state index contributed by atoms with van der Waals surface area (Å²) >= 11 is 7.46. The predicted octanol–water partition coefficient (Wildman–Crippen LogP) is 11.2. The van der Waals surface area contributed by atoms with E-state index in [4.69, 9.17) is 25.8 Å². The highest BCUT2D eigenvalue weighted by Gasteiger charge is 2.15. The first-order chi connectivity index (χ1) is 34.3. The van der Waals surface area contributed by atoms with Crippen molar-refractivity contribution < 1.29 is 37.4 Å². The van der Waals surface area contributed by atoms with Gasteiger partial charge in [-0.15, -0.1) is 11.3 Å². The number of nitrogens with zero attached hydrogens (tertiary/aromatic N) is 9. The maximum absolute atomic E-state index is 13.8. The molecule has 6 aromatic heterocycles. The van der Waals surface area contributed by atoms with Crippen LogP contribution in [0.25, 0.3) is 0 Å². The molecule has 6 heterocycles. The van der Waals surface area contributed by atoms with Crippen molar-refractivity contribution in [2.24, 2.45) is 0 Å². The highest BCUT2D eigenvalue weighted by molar-refractivity contribution is 7.09. The number of thiazole rings is 1. The van der Waals surface area contributed by atoms with Crippen LogP contribution in [-0.2, 0) is 19.3 Å². The largest absolute Gasteiger partial charge is 0.454 e. The van der Waals surface area contributed by atoms with Gasteiger partial charge in [0.1, 0.15) is 52.9 Å². The lowest BCUT2D eigenvalue weighted by atomic mass is 10.0. The van der Waals surface area contributed by atoms with Gasteiger partial charge in [-0.25, -0.2) is 43.7 Å². The van der Waals surface area contributed by atoms with Crippen molar-refractivity contribution in [3.63, 3.8) is 0 Å². The molecule has 0 aliphatic heterocycles. The summed E-state index contributed by atoms with van der Waals surface area (Å²) < 4.78 is 43.7. The van der Waals surface area contributed by atoms with Crippen LogP contribution < -0.4 is 14.2 Å². The molecular weight excluding hydrogens is 952 g/mol. The maximum Gasteiger partial charge on any atom is 0.169 e. The molecule has 356 valence electrons. The summed E-state index contributed by atoms with van der Waals surface area (Å²) in [5.74, 6) is 1.07. The molecule has 0 fully saturated rings. The molecule has 0 aliphatic carbocycles. The number of Topliss-reactive ketones (excluding diaryl/α,β-unsaturated/α-hetero) is 3. The van der Waals surface area contributed by atoms with Gasteiger partial charge in [0.15, 0.2) is 34.6 Å².